The van der Waals surface area contributed by atoms with Gasteiger partial charge in [-0.2, -0.15) is 0 Å². The highest BCUT2D eigenvalue weighted by Gasteiger charge is 2.38. The summed E-state index contributed by atoms with van der Waals surface area (Å²) >= 11 is 0. The van der Waals surface area contributed by atoms with Crippen LogP contribution in [-0.4, -0.2) is 71.7 Å². The molecule has 3 heterocycles. The molecule has 2 aliphatic heterocycles. The first-order valence-electron chi connectivity index (χ1n) is 7.54. The van der Waals surface area contributed by atoms with Crippen LogP contribution in [0.4, 0.5) is 0 Å². The van der Waals surface area contributed by atoms with E-state index in [4.69, 9.17) is 9.15 Å². The molecule has 0 bridgehead atoms. The molecule has 0 aromatic carbocycles. The number of aliphatic carboxylic acids is 1. The largest absolute Gasteiger partial charge is 0.480 e. The summed E-state index contributed by atoms with van der Waals surface area (Å²) in [7, 11) is 0. The minimum atomic E-state index is -0.949. The molecule has 0 radical (unpaired) electrons. The number of hydrogen-bond acceptors (Lipinski definition) is 5. The second-order valence-corrected chi connectivity index (χ2v) is 5.69. The highest BCUT2D eigenvalue weighted by Crippen LogP contribution is 2.25. The first kappa shape index (κ1) is 15.1. The SMILES string of the molecule is O=C(O)C1CC(N2CCOCC2)CCN1C(=O)c1ccoc1. The third-order valence-corrected chi connectivity index (χ3v) is 4.45. The number of likely N-dealkylation sites (tertiary alicyclic amines) is 1. The molecule has 7 heteroatoms. The van der Waals surface area contributed by atoms with Crippen LogP contribution in [0, 0.1) is 0 Å². The van der Waals surface area contributed by atoms with Crippen LogP contribution >= 0.6 is 0 Å². The van der Waals surface area contributed by atoms with Crippen molar-refractivity contribution in [3.05, 3.63) is 24.2 Å². The smallest absolute Gasteiger partial charge is 0.326 e. The van der Waals surface area contributed by atoms with Crippen LogP contribution in [-0.2, 0) is 9.53 Å². The molecule has 2 saturated heterocycles. The Kier molecular flexibility index (Phi) is 4.44. The number of hydrogen-bond donors (Lipinski definition) is 1. The van der Waals surface area contributed by atoms with E-state index in [-0.39, 0.29) is 11.9 Å². The van der Waals surface area contributed by atoms with Crippen LogP contribution in [0.1, 0.15) is 23.2 Å². The number of furan rings is 1. The van der Waals surface area contributed by atoms with Crippen LogP contribution in [0.3, 0.4) is 0 Å². The van der Waals surface area contributed by atoms with E-state index in [9.17, 15) is 14.7 Å². The molecule has 0 spiro atoms. The van der Waals surface area contributed by atoms with E-state index in [0.717, 1.165) is 19.5 Å². The lowest BCUT2D eigenvalue weighted by Gasteiger charge is -2.42. The van der Waals surface area contributed by atoms with Crippen molar-refractivity contribution < 1.29 is 23.8 Å². The van der Waals surface area contributed by atoms with Gasteiger partial charge in [0.1, 0.15) is 12.3 Å². The van der Waals surface area contributed by atoms with Crippen molar-refractivity contribution in [1.29, 1.82) is 0 Å². The summed E-state index contributed by atoms with van der Waals surface area (Å²) in [6.07, 6.45) is 4.02. The van der Waals surface area contributed by atoms with Gasteiger partial charge >= 0.3 is 5.97 Å². The van der Waals surface area contributed by atoms with Crippen LogP contribution in [0.25, 0.3) is 0 Å². The Hall–Kier alpha value is -1.86. The van der Waals surface area contributed by atoms with E-state index in [1.54, 1.807) is 6.07 Å². The number of ether oxygens (including phenoxy) is 1. The second kappa shape index (κ2) is 6.50. The van der Waals surface area contributed by atoms with Gasteiger partial charge in [0.25, 0.3) is 5.91 Å². The Balaban J connectivity index is 1.71. The molecule has 3 rings (SSSR count). The highest BCUT2D eigenvalue weighted by atomic mass is 16.5. The van der Waals surface area contributed by atoms with Crippen LogP contribution in [0.5, 0.6) is 0 Å². The molecule has 2 fully saturated rings. The molecule has 0 aliphatic carbocycles. The molecule has 7 nitrogen and oxygen atoms in total. The minimum absolute atomic E-state index is 0.193. The zero-order chi connectivity index (χ0) is 15.5. The fourth-order valence-corrected chi connectivity index (χ4v) is 3.25. The van der Waals surface area contributed by atoms with E-state index < -0.39 is 12.0 Å². The predicted molar refractivity (Wildman–Crippen MR) is 76.6 cm³/mol. The maximum Gasteiger partial charge on any atom is 0.326 e. The van der Waals surface area contributed by atoms with Crippen molar-refractivity contribution in [2.45, 2.75) is 24.9 Å². The standard InChI is InChI=1S/C15H20N2O5/c18-14(11-2-6-22-10-11)17-3-1-12(9-13(17)15(19)20)16-4-7-21-8-5-16/h2,6,10,12-13H,1,3-5,7-9H2,(H,19,20). The predicted octanol–water partition coefficient (Wildman–Crippen LogP) is 0.670. The lowest BCUT2D eigenvalue weighted by Crippen LogP contribution is -2.56. The van der Waals surface area contributed by atoms with Gasteiger partial charge in [0.15, 0.2) is 0 Å². The van der Waals surface area contributed by atoms with Crippen molar-refractivity contribution in [3.63, 3.8) is 0 Å². The molecule has 0 saturated carbocycles. The van der Waals surface area contributed by atoms with E-state index in [1.165, 1.54) is 17.4 Å². The van der Waals surface area contributed by atoms with Gasteiger partial charge in [-0.05, 0) is 18.9 Å². The van der Waals surface area contributed by atoms with Gasteiger partial charge in [-0.1, -0.05) is 0 Å². The van der Waals surface area contributed by atoms with Gasteiger partial charge < -0.3 is 19.2 Å². The number of amides is 1. The fourth-order valence-electron chi connectivity index (χ4n) is 3.25. The maximum atomic E-state index is 12.4. The Morgan fingerprint density at radius 3 is 2.64 bits per heavy atom. The van der Waals surface area contributed by atoms with E-state index in [2.05, 4.69) is 4.90 Å². The quantitative estimate of drug-likeness (QED) is 0.883. The summed E-state index contributed by atoms with van der Waals surface area (Å²) in [4.78, 5) is 27.8. The Bertz CT molecular complexity index is 524. The van der Waals surface area contributed by atoms with Crippen molar-refractivity contribution >= 4 is 11.9 Å². The summed E-state index contributed by atoms with van der Waals surface area (Å²) in [6, 6.07) is 0.970. The number of piperidine rings is 1. The van der Waals surface area contributed by atoms with E-state index >= 15 is 0 Å². The maximum absolute atomic E-state index is 12.4. The summed E-state index contributed by atoms with van der Waals surface area (Å²) in [5, 5.41) is 9.51. The number of nitrogens with zero attached hydrogens (tertiary/aromatic N) is 2. The molecule has 2 atom stereocenters. The van der Waals surface area contributed by atoms with Crippen molar-refractivity contribution in [2.24, 2.45) is 0 Å². The molecule has 1 aromatic rings. The van der Waals surface area contributed by atoms with Gasteiger partial charge in [-0.25, -0.2) is 4.79 Å². The number of carboxylic acid groups (broad SMARTS) is 1. The molecule has 2 aliphatic rings. The number of carbonyl (C=O) groups is 2. The Labute approximate surface area is 128 Å². The van der Waals surface area contributed by atoms with Crippen molar-refractivity contribution in [3.8, 4) is 0 Å². The average Bonchev–Trinajstić information content (AvgIpc) is 3.09. The zero-order valence-electron chi connectivity index (χ0n) is 12.3. The Morgan fingerprint density at radius 1 is 1.23 bits per heavy atom. The molecule has 120 valence electrons. The first-order chi connectivity index (χ1) is 10.7. The highest BCUT2D eigenvalue weighted by molar-refractivity contribution is 5.96. The normalized spacial score (nSPS) is 26.8. The van der Waals surface area contributed by atoms with Crippen molar-refractivity contribution in [2.75, 3.05) is 32.8 Å². The van der Waals surface area contributed by atoms with Gasteiger partial charge in [-0.3, -0.25) is 9.69 Å². The molecule has 1 N–H and O–H groups in total. The molecule has 1 aromatic heterocycles. The number of carbonyl (C=O) groups excluding carboxylic acids is 1. The van der Waals surface area contributed by atoms with Crippen molar-refractivity contribution in [1.82, 2.24) is 9.80 Å². The summed E-state index contributed by atoms with van der Waals surface area (Å²) in [6.45, 7) is 3.47. The summed E-state index contributed by atoms with van der Waals surface area (Å²) < 4.78 is 10.3. The third-order valence-electron chi connectivity index (χ3n) is 4.45. The second-order valence-electron chi connectivity index (χ2n) is 5.69. The van der Waals surface area contributed by atoms with Crippen LogP contribution in [0.15, 0.2) is 23.0 Å². The summed E-state index contributed by atoms with van der Waals surface area (Å²) in [5.74, 6) is -1.23. The molecule has 1 amide bonds. The zero-order valence-corrected chi connectivity index (χ0v) is 12.3. The third kappa shape index (κ3) is 3.00. The molecule has 2 unspecified atom stereocenters. The summed E-state index contributed by atoms with van der Waals surface area (Å²) in [5.41, 5.74) is 0.399. The first-order valence-corrected chi connectivity index (χ1v) is 7.54. The fraction of sp³-hybridized carbons (Fsp3) is 0.600. The van der Waals surface area contributed by atoms with Gasteiger partial charge in [0.05, 0.1) is 25.0 Å². The number of carboxylic acids is 1. The van der Waals surface area contributed by atoms with Gasteiger partial charge in [0, 0.05) is 25.7 Å². The van der Waals surface area contributed by atoms with Crippen LogP contribution in [0.2, 0.25) is 0 Å². The minimum Gasteiger partial charge on any atom is -0.480 e. The number of rotatable bonds is 3. The Morgan fingerprint density at radius 2 is 2.00 bits per heavy atom. The number of morpholine rings is 1. The topological polar surface area (TPSA) is 83.2 Å². The average molecular weight is 308 g/mol. The van der Waals surface area contributed by atoms with Crippen LogP contribution < -0.4 is 0 Å². The molecule has 22 heavy (non-hydrogen) atoms. The monoisotopic (exact) mass is 308 g/mol. The lowest BCUT2D eigenvalue weighted by molar-refractivity contribution is -0.144. The van der Waals surface area contributed by atoms with Gasteiger partial charge in [-0.15, -0.1) is 0 Å². The van der Waals surface area contributed by atoms with Gasteiger partial charge in [0.2, 0.25) is 0 Å². The lowest BCUT2D eigenvalue weighted by atomic mass is 9.94. The molecular weight excluding hydrogens is 288 g/mol. The van der Waals surface area contributed by atoms with E-state index in [1.807, 2.05) is 0 Å². The molecular formula is C15H20N2O5. The van der Waals surface area contributed by atoms with E-state index in [0.29, 0.717) is 31.7 Å².